The SMILES string of the molecule is CCN(CCCN(C)C)C(CCN)c1ccccc1. The van der Waals surface area contributed by atoms with Crippen LogP contribution in [0.15, 0.2) is 30.3 Å². The van der Waals surface area contributed by atoms with E-state index in [0.29, 0.717) is 6.04 Å². The number of rotatable bonds is 9. The molecule has 0 radical (unpaired) electrons. The highest BCUT2D eigenvalue weighted by molar-refractivity contribution is 5.19. The van der Waals surface area contributed by atoms with E-state index in [1.807, 2.05) is 0 Å². The molecule has 0 saturated carbocycles. The van der Waals surface area contributed by atoms with Crippen LogP contribution in [0.2, 0.25) is 0 Å². The summed E-state index contributed by atoms with van der Waals surface area (Å²) in [5.74, 6) is 0. The Morgan fingerprint density at radius 2 is 1.79 bits per heavy atom. The van der Waals surface area contributed by atoms with Crippen molar-refractivity contribution in [1.29, 1.82) is 0 Å². The van der Waals surface area contributed by atoms with Gasteiger partial charge in [0.05, 0.1) is 0 Å². The normalized spacial score (nSPS) is 13.2. The standard InChI is InChI=1S/C16H29N3/c1-4-19(14-8-13-18(2)3)16(11-12-17)15-9-6-5-7-10-15/h5-7,9-10,16H,4,8,11-14,17H2,1-3H3. The van der Waals surface area contributed by atoms with Gasteiger partial charge in [0, 0.05) is 6.04 Å². The van der Waals surface area contributed by atoms with E-state index in [1.165, 1.54) is 12.0 Å². The van der Waals surface area contributed by atoms with Gasteiger partial charge in [0.15, 0.2) is 0 Å². The molecule has 0 saturated heterocycles. The maximum atomic E-state index is 5.80. The molecule has 2 N–H and O–H groups in total. The second kappa shape index (κ2) is 9.08. The van der Waals surface area contributed by atoms with Crippen LogP contribution >= 0.6 is 0 Å². The molecule has 0 fully saturated rings. The Hall–Kier alpha value is -0.900. The first-order chi connectivity index (χ1) is 9.19. The number of hydrogen-bond acceptors (Lipinski definition) is 3. The third kappa shape index (κ3) is 5.72. The van der Waals surface area contributed by atoms with Gasteiger partial charge in [-0.2, -0.15) is 0 Å². The summed E-state index contributed by atoms with van der Waals surface area (Å²) >= 11 is 0. The summed E-state index contributed by atoms with van der Waals surface area (Å²) in [5, 5.41) is 0. The molecule has 1 unspecified atom stereocenters. The van der Waals surface area contributed by atoms with Crippen LogP contribution in [-0.2, 0) is 0 Å². The summed E-state index contributed by atoms with van der Waals surface area (Å²) in [7, 11) is 4.26. The van der Waals surface area contributed by atoms with E-state index in [1.54, 1.807) is 0 Å². The Morgan fingerprint density at radius 3 is 2.32 bits per heavy atom. The highest BCUT2D eigenvalue weighted by Gasteiger charge is 2.17. The van der Waals surface area contributed by atoms with Gasteiger partial charge < -0.3 is 10.6 Å². The molecule has 0 amide bonds. The molecule has 0 aliphatic rings. The number of hydrogen-bond donors (Lipinski definition) is 1. The number of benzene rings is 1. The van der Waals surface area contributed by atoms with Gasteiger partial charge in [-0.15, -0.1) is 0 Å². The molecule has 1 aromatic rings. The van der Waals surface area contributed by atoms with E-state index in [2.05, 4.69) is 61.2 Å². The summed E-state index contributed by atoms with van der Waals surface area (Å²) < 4.78 is 0. The first-order valence-corrected chi connectivity index (χ1v) is 7.32. The predicted molar refractivity (Wildman–Crippen MR) is 83.3 cm³/mol. The van der Waals surface area contributed by atoms with Gasteiger partial charge in [0.25, 0.3) is 0 Å². The van der Waals surface area contributed by atoms with Crippen molar-refractivity contribution in [2.75, 3.05) is 40.3 Å². The minimum atomic E-state index is 0.457. The van der Waals surface area contributed by atoms with Gasteiger partial charge in [-0.25, -0.2) is 0 Å². The summed E-state index contributed by atoms with van der Waals surface area (Å²) in [6.07, 6.45) is 2.23. The molecule has 3 nitrogen and oxygen atoms in total. The second-order valence-electron chi connectivity index (χ2n) is 5.29. The van der Waals surface area contributed by atoms with Crippen LogP contribution in [0.1, 0.15) is 31.4 Å². The minimum absolute atomic E-state index is 0.457. The van der Waals surface area contributed by atoms with Crippen LogP contribution in [0.4, 0.5) is 0 Å². The van der Waals surface area contributed by atoms with Crippen LogP contribution in [0.5, 0.6) is 0 Å². The lowest BCUT2D eigenvalue weighted by molar-refractivity contribution is 0.190. The Kier molecular flexibility index (Phi) is 7.72. The Balaban J connectivity index is 2.66. The molecule has 0 heterocycles. The lowest BCUT2D eigenvalue weighted by Gasteiger charge is -2.31. The van der Waals surface area contributed by atoms with Crippen molar-refractivity contribution in [3.05, 3.63) is 35.9 Å². The van der Waals surface area contributed by atoms with Crippen molar-refractivity contribution >= 4 is 0 Å². The highest BCUT2D eigenvalue weighted by Crippen LogP contribution is 2.23. The van der Waals surface area contributed by atoms with Gasteiger partial charge in [0.2, 0.25) is 0 Å². The zero-order valence-corrected chi connectivity index (χ0v) is 12.7. The smallest absolute Gasteiger partial charge is 0.0360 e. The molecule has 0 spiro atoms. The fourth-order valence-corrected chi connectivity index (χ4v) is 2.52. The van der Waals surface area contributed by atoms with Crippen molar-refractivity contribution in [2.45, 2.75) is 25.8 Å². The lowest BCUT2D eigenvalue weighted by atomic mass is 10.0. The molecule has 1 rings (SSSR count). The van der Waals surface area contributed by atoms with Crippen LogP contribution < -0.4 is 5.73 Å². The first kappa shape index (κ1) is 16.2. The van der Waals surface area contributed by atoms with E-state index in [-0.39, 0.29) is 0 Å². The molecule has 0 bridgehead atoms. The lowest BCUT2D eigenvalue weighted by Crippen LogP contribution is -2.32. The average molecular weight is 263 g/mol. The summed E-state index contributed by atoms with van der Waals surface area (Å²) in [6, 6.07) is 11.2. The van der Waals surface area contributed by atoms with E-state index in [4.69, 9.17) is 5.73 Å². The van der Waals surface area contributed by atoms with E-state index >= 15 is 0 Å². The third-order valence-corrected chi connectivity index (χ3v) is 3.52. The number of nitrogens with zero attached hydrogens (tertiary/aromatic N) is 2. The quantitative estimate of drug-likeness (QED) is 0.742. The fraction of sp³-hybridized carbons (Fsp3) is 0.625. The molecule has 108 valence electrons. The molecule has 1 atom stereocenters. The second-order valence-corrected chi connectivity index (χ2v) is 5.29. The van der Waals surface area contributed by atoms with Crippen LogP contribution in [0.25, 0.3) is 0 Å². The van der Waals surface area contributed by atoms with Gasteiger partial charge in [-0.05, 0) is 58.7 Å². The van der Waals surface area contributed by atoms with Crippen molar-refractivity contribution in [2.24, 2.45) is 5.73 Å². The minimum Gasteiger partial charge on any atom is -0.330 e. The van der Waals surface area contributed by atoms with Crippen LogP contribution in [0, 0.1) is 0 Å². The highest BCUT2D eigenvalue weighted by atomic mass is 15.2. The molecule has 0 aliphatic heterocycles. The Bertz CT molecular complexity index is 324. The first-order valence-electron chi connectivity index (χ1n) is 7.32. The summed E-state index contributed by atoms with van der Waals surface area (Å²) in [5.41, 5.74) is 7.19. The van der Waals surface area contributed by atoms with Gasteiger partial charge in [-0.1, -0.05) is 37.3 Å². The molecule has 1 aromatic carbocycles. The maximum Gasteiger partial charge on any atom is 0.0360 e. The van der Waals surface area contributed by atoms with Gasteiger partial charge in [0.1, 0.15) is 0 Å². The molecular formula is C16H29N3. The molecule has 0 aliphatic carbocycles. The van der Waals surface area contributed by atoms with E-state index in [9.17, 15) is 0 Å². The van der Waals surface area contributed by atoms with Crippen molar-refractivity contribution in [3.8, 4) is 0 Å². The Labute approximate surface area is 118 Å². The molecule has 19 heavy (non-hydrogen) atoms. The molecule has 0 aromatic heterocycles. The maximum absolute atomic E-state index is 5.80. The van der Waals surface area contributed by atoms with Crippen LogP contribution in [0.3, 0.4) is 0 Å². The number of nitrogens with two attached hydrogens (primary N) is 1. The largest absolute Gasteiger partial charge is 0.330 e. The predicted octanol–water partition coefficient (Wildman–Crippen LogP) is 2.35. The van der Waals surface area contributed by atoms with Crippen molar-refractivity contribution < 1.29 is 0 Å². The third-order valence-electron chi connectivity index (χ3n) is 3.52. The summed E-state index contributed by atoms with van der Waals surface area (Å²) in [6.45, 7) is 6.33. The van der Waals surface area contributed by atoms with E-state index < -0.39 is 0 Å². The molecule has 3 heteroatoms. The topological polar surface area (TPSA) is 32.5 Å². The van der Waals surface area contributed by atoms with Gasteiger partial charge in [-0.3, -0.25) is 4.90 Å². The van der Waals surface area contributed by atoms with Gasteiger partial charge >= 0.3 is 0 Å². The zero-order valence-electron chi connectivity index (χ0n) is 12.7. The monoisotopic (exact) mass is 263 g/mol. The fourth-order valence-electron chi connectivity index (χ4n) is 2.52. The van der Waals surface area contributed by atoms with E-state index in [0.717, 1.165) is 32.6 Å². The van der Waals surface area contributed by atoms with Crippen molar-refractivity contribution in [1.82, 2.24) is 9.80 Å². The average Bonchev–Trinajstić information content (AvgIpc) is 2.42. The molecular weight excluding hydrogens is 234 g/mol. The zero-order chi connectivity index (χ0) is 14.1. The Morgan fingerprint density at radius 1 is 1.11 bits per heavy atom. The van der Waals surface area contributed by atoms with Crippen LogP contribution in [-0.4, -0.2) is 50.1 Å². The summed E-state index contributed by atoms with van der Waals surface area (Å²) in [4.78, 5) is 4.79. The van der Waals surface area contributed by atoms with Crippen molar-refractivity contribution in [3.63, 3.8) is 0 Å².